The van der Waals surface area contributed by atoms with Crippen molar-refractivity contribution in [1.29, 1.82) is 0 Å². The van der Waals surface area contributed by atoms with Gasteiger partial charge in [0.25, 0.3) is 0 Å². The van der Waals surface area contributed by atoms with Crippen molar-refractivity contribution in [2.75, 3.05) is 56.5 Å². The smallest absolute Gasteiger partial charge is 0.246 e. The van der Waals surface area contributed by atoms with Crippen LogP contribution in [0.1, 0.15) is 31.7 Å². The number of hydrogen-bond acceptors (Lipinski definition) is 7. The molecule has 3 fully saturated rings. The number of aromatic nitrogens is 3. The number of piperidine rings is 1. The van der Waals surface area contributed by atoms with Gasteiger partial charge in [0, 0.05) is 56.4 Å². The summed E-state index contributed by atoms with van der Waals surface area (Å²) < 4.78 is 6.40. The van der Waals surface area contributed by atoms with Gasteiger partial charge in [0.05, 0.1) is 12.7 Å². The molecule has 4 heterocycles. The Labute approximate surface area is 201 Å². The minimum Gasteiger partial charge on any atom is -0.375 e. The van der Waals surface area contributed by atoms with Crippen molar-refractivity contribution in [3.8, 4) is 0 Å². The summed E-state index contributed by atoms with van der Waals surface area (Å²) >= 11 is 6.11. The molecule has 2 aromatic rings. The van der Waals surface area contributed by atoms with Crippen LogP contribution in [0.2, 0.25) is 5.02 Å². The molecule has 0 aliphatic carbocycles. The summed E-state index contributed by atoms with van der Waals surface area (Å²) in [5.74, 6) is 1.94. The number of nitrogen functional groups attached to an aromatic ring is 1. The predicted molar refractivity (Wildman–Crippen MR) is 132 cm³/mol. The number of nitrogens with two attached hydrogens (primary N) is 1. The zero-order chi connectivity index (χ0) is 22.8. The van der Waals surface area contributed by atoms with Crippen molar-refractivity contribution < 1.29 is 4.74 Å². The van der Waals surface area contributed by atoms with Gasteiger partial charge in [0.1, 0.15) is 0 Å². The number of anilines is 2. The summed E-state index contributed by atoms with van der Waals surface area (Å²) in [6, 6.07) is 9.21. The molecule has 5 rings (SSSR count). The van der Waals surface area contributed by atoms with Gasteiger partial charge in [-0.1, -0.05) is 30.7 Å². The fourth-order valence-corrected chi connectivity index (χ4v) is 5.74. The van der Waals surface area contributed by atoms with Crippen LogP contribution >= 0.6 is 11.6 Å². The summed E-state index contributed by atoms with van der Waals surface area (Å²) in [5.41, 5.74) is 7.05. The number of halogens is 1. The average molecular weight is 474 g/mol. The first-order valence-corrected chi connectivity index (χ1v) is 12.7. The number of morpholine rings is 1. The second-order valence-corrected chi connectivity index (χ2v) is 10.5. The quantitative estimate of drug-likeness (QED) is 0.639. The summed E-state index contributed by atoms with van der Waals surface area (Å²) in [6.07, 6.45) is 4.62. The molecule has 0 unspecified atom stereocenters. The van der Waals surface area contributed by atoms with Gasteiger partial charge in [-0.2, -0.15) is 4.98 Å². The molecule has 2 atom stereocenters. The van der Waals surface area contributed by atoms with Gasteiger partial charge >= 0.3 is 0 Å². The summed E-state index contributed by atoms with van der Waals surface area (Å²) in [5, 5.41) is 7.78. The number of H-pyrrole nitrogens is 1. The van der Waals surface area contributed by atoms with E-state index in [0.29, 0.717) is 30.1 Å². The highest BCUT2D eigenvalue weighted by molar-refractivity contribution is 6.30. The predicted octanol–water partition coefficient (Wildman–Crippen LogP) is 2.66. The van der Waals surface area contributed by atoms with Crippen LogP contribution in [0.25, 0.3) is 0 Å². The van der Waals surface area contributed by atoms with Crippen LogP contribution < -0.4 is 10.6 Å². The van der Waals surface area contributed by atoms with Crippen LogP contribution in [0, 0.1) is 5.92 Å². The fraction of sp³-hybridized carbons (Fsp3) is 0.667. The Hall–Kier alpha value is -1.87. The van der Waals surface area contributed by atoms with E-state index < -0.39 is 0 Å². The molecule has 0 radical (unpaired) electrons. The standard InChI is InChI=1S/C24H36ClN7O/c1-17-13-30(14-17)9-8-22-15-32(21(16-33-22)12-18-2-4-19(25)5-3-18)20-6-10-31(11-7-20)24-27-23(26)28-29-24/h2-5,17,20-22H,6-16H2,1H3,(H3,26,27,28,29)/t21-,22-/m0/s1. The number of ether oxygens (including phenoxy) is 1. The van der Waals surface area contributed by atoms with Crippen LogP contribution in [0.15, 0.2) is 24.3 Å². The lowest BCUT2D eigenvalue weighted by Gasteiger charge is -2.47. The molecule has 9 heteroatoms. The Balaban J connectivity index is 1.22. The van der Waals surface area contributed by atoms with Crippen LogP contribution in [0.5, 0.6) is 0 Å². The maximum atomic E-state index is 6.40. The molecule has 3 N–H and O–H groups in total. The van der Waals surface area contributed by atoms with Gasteiger partial charge in [0.15, 0.2) is 0 Å². The number of benzene rings is 1. The lowest BCUT2D eigenvalue weighted by Crippen LogP contribution is -2.57. The Morgan fingerprint density at radius 2 is 1.91 bits per heavy atom. The van der Waals surface area contributed by atoms with Gasteiger partial charge < -0.3 is 20.3 Å². The number of hydrogen-bond donors (Lipinski definition) is 2. The number of aromatic amines is 1. The highest BCUT2D eigenvalue weighted by Gasteiger charge is 2.36. The van der Waals surface area contributed by atoms with Crippen molar-refractivity contribution >= 4 is 23.5 Å². The van der Waals surface area contributed by atoms with E-state index in [1.807, 2.05) is 12.1 Å². The van der Waals surface area contributed by atoms with Crippen LogP contribution in [-0.4, -0.2) is 89.0 Å². The van der Waals surface area contributed by atoms with Crippen LogP contribution in [0.3, 0.4) is 0 Å². The van der Waals surface area contributed by atoms with Crippen molar-refractivity contribution in [2.45, 2.75) is 50.8 Å². The lowest BCUT2D eigenvalue weighted by atomic mass is 9.95. The van der Waals surface area contributed by atoms with E-state index in [1.165, 1.54) is 18.7 Å². The largest absolute Gasteiger partial charge is 0.375 e. The third-order valence-electron chi connectivity index (χ3n) is 7.41. The normalized spacial score (nSPS) is 25.9. The molecule has 33 heavy (non-hydrogen) atoms. The van der Waals surface area contributed by atoms with Crippen LogP contribution in [0.4, 0.5) is 11.9 Å². The third-order valence-corrected chi connectivity index (χ3v) is 7.66. The zero-order valence-corrected chi connectivity index (χ0v) is 20.3. The van der Waals surface area contributed by atoms with E-state index in [4.69, 9.17) is 22.1 Å². The maximum absolute atomic E-state index is 6.40. The lowest BCUT2D eigenvalue weighted by molar-refractivity contribution is -0.0885. The Morgan fingerprint density at radius 3 is 2.58 bits per heavy atom. The Bertz CT molecular complexity index is 892. The molecule has 0 saturated carbocycles. The summed E-state index contributed by atoms with van der Waals surface area (Å²) in [6.45, 7) is 9.65. The molecule has 1 aromatic carbocycles. The number of likely N-dealkylation sites (tertiary alicyclic amines) is 1. The van der Waals surface area contributed by atoms with E-state index in [9.17, 15) is 0 Å². The highest BCUT2D eigenvalue weighted by atomic mass is 35.5. The van der Waals surface area contributed by atoms with Gasteiger partial charge in [-0.25, -0.2) is 5.10 Å². The molecule has 0 spiro atoms. The monoisotopic (exact) mass is 473 g/mol. The van der Waals surface area contributed by atoms with Crippen molar-refractivity contribution in [2.24, 2.45) is 5.92 Å². The minimum absolute atomic E-state index is 0.313. The molecule has 8 nitrogen and oxygen atoms in total. The first-order valence-electron chi connectivity index (χ1n) is 12.3. The van der Waals surface area contributed by atoms with Crippen molar-refractivity contribution in [1.82, 2.24) is 25.0 Å². The van der Waals surface area contributed by atoms with E-state index in [-0.39, 0.29) is 0 Å². The summed E-state index contributed by atoms with van der Waals surface area (Å²) in [4.78, 5) is 11.8. The average Bonchev–Trinajstić information content (AvgIpc) is 3.24. The Kier molecular flexibility index (Phi) is 7.06. The molecule has 3 aliphatic rings. The SMILES string of the molecule is CC1CN(CC[C@H]2CN(C3CCN(c4n[nH]c(N)n4)CC3)[C@@H](Cc3ccc(Cl)cc3)CO2)C1. The van der Waals surface area contributed by atoms with E-state index in [2.05, 4.69) is 48.9 Å². The molecule has 0 amide bonds. The van der Waals surface area contributed by atoms with Gasteiger partial charge in [-0.3, -0.25) is 4.90 Å². The first-order chi connectivity index (χ1) is 16.0. The second-order valence-electron chi connectivity index (χ2n) is 10.0. The second kappa shape index (κ2) is 10.2. The van der Waals surface area contributed by atoms with Gasteiger partial charge in [-0.05, 0) is 49.3 Å². The van der Waals surface area contributed by atoms with Gasteiger partial charge in [0.2, 0.25) is 11.9 Å². The summed E-state index contributed by atoms with van der Waals surface area (Å²) in [7, 11) is 0. The fourth-order valence-electron chi connectivity index (χ4n) is 5.61. The minimum atomic E-state index is 0.313. The molecule has 3 saturated heterocycles. The van der Waals surface area contributed by atoms with E-state index in [0.717, 1.165) is 69.4 Å². The van der Waals surface area contributed by atoms with E-state index in [1.54, 1.807) is 0 Å². The molecule has 1 aromatic heterocycles. The van der Waals surface area contributed by atoms with Crippen molar-refractivity contribution in [3.05, 3.63) is 34.9 Å². The highest BCUT2D eigenvalue weighted by Crippen LogP contribution is 2.28. The number of rotatable bonds is 7. The topological polar surface area (TPSA) is 86.5 Å². The number of nitrogens with one attached hydrogen (secondary N) is 1. The van der Waals surface area contributed by atoms with E-state index >= 15 is 0 Å². The number of nitrogens with zero attached hydrogens (tertiary/aromatic N) is 5. The molecular weight excluding hydrogens is 438 g/mol. The third kappa shape index (κ3) is 5.62. The zero-order valence-electron chi connectivity index (χ0n) is 19.5. The first kappa shape index (κ1) is 22.9. The van der Waals surface area contributed by atoms with Crippen LogP contribution in [-0.2, 0) is 11.2 Å². The maximum Gasteiger partial charge on any atom is 0.246 e. The molecular formula is C24H36ClN7O. The Morgan fingerprint density at radius 1 is 1.15 bits per heavy atom. The molecule has 0 bridgehead atoms. The van der Waals surface area contributed by atoms with Crippen molar-refractivity contribution in [3.63, 3.8) is 0 Å². The molecule has 180 valence electrons. The molecule has 3 aliphatic heterocycles. The van der Waals surface area contributed by atoms with Gasteiger partial charge in [-0.15, -0.1) is 5.10 Å².